The van der Waals surface area contributed by atoms with Gasteiger partial charge in [-0.25, -0.2) is 8.42 Å². The third kappa shape index (κ3) is 5.82. The summed E-state index contributed by atoms with van der Waals surface area (Å²) in [6.07, 6.45) is 1.20. The molecule has 0 bridgehead atoms. The van der Waals surface area contributed by atoms with Gasteiger partial charge in [0.2, 0.25) is 10.0 Å². The minimum atomic E-state index is -3.50. The van der Waals surface area contributed by atoms with Crippen molar-refractivity contribution in [3.05, 3.63) is 98.5 Å². The monoisotopic (exact) mass is 490 g/mol. The van der Waals surface area contributed by atoms with Crippen LogP contribution in [0.15, 0.2) is 60.7 Å². The summed E-state index contributed by atoms with van der Waals surface area (Å²) < 4.78 is 26.5. The summed E-state index contributed by atoms with van der Waals surface area (Å²) in [7, 11) is -3.50. The number of nitrogens with one attached hydrogen (secondary N) is 1. The van der Waals surface area contributed by atoms with Gasteiger partial charge in [-0.2, -0.15) is 0 Å². The van der Waals surface area contributed by atoms with E-state index < -0.39 is 10.0 Å². The molecule has 3 rings (SSSR count). The van der Waals surface area contributed by atoms with Gasteiger partial charge in [0.25, 0.3) is 5.91 Å². The highest BCUT2D eigenvalue weighted by molar-refractivity contribution is 7.92. The fourth-order valence-corrected chi connectivity index (χ4v) is 4.91. The summed E-state index contributed by atoms with van der Waals surface area (Å²) in [4.78, 5) is 12.5. The Hall–Kier alpha value is -2.54. The predicted octanol–water partition coefficient (Wildman–Crippen LogP) is 5.51. The van der Waals surface area contributed by atoms with Gasteiger partial charge in [-0.3, -0.25) is 9.10 Å². The van der Waals surface area contributed by atoms with Crippen molar-refractivity contribution in [2.45, 2.75) is 26.9 Å². The van der Waals surface area contributed by atoms with Crippen molar-refractivity contribution in [1.82, 2.24) is 5.32 Å². The molecule has 168 valence electrons. The van der Waals surface area contributed by atoms with Gasteiger partial charge >= 0.3 is 0 Å². The van der Waals surface area contributed by atoms with Crippen molar-refractivity contribution >= 4 is 44.8 Å². The Balaban J connectivity index is 1.74. The van der Waals surface area contributed by atoms with Gasteiger partial charge in [0, 0.05) is 22.2 Å². The lowest BCUT2D eigenvalue weighted by Crippen LogP contribution is -2.30. The summed E-state index contributed by atoms with van der Waals surface area (Å²) in [5.74, 6) is -0.253. The van der Waals surface area contributed by atoms with E-state index in [2.05, 4.69) is 5.32 Å². The number of aryl methyl sites for hydroxylation is 2. The maximum absolute atomic E-state index is 12.5. The van der Waals surface area contributed by atoms with E-state index in [-0.39, 0.29) is 19.0 Å². The van der Waals surface area contributed by atoms with Gasteiger partial charge in [0.1, 0.15) is 0 Å². The van der Waals surface area contributed by atoms with Crippen molar-refractivity contribution in [1.29, 1.82) is 0 Å². The lowest BCUT2D eigenvalue weighted by atomic mass is 10.1. The number of para-hydroxylation sites is 1. The Morgan fingerprint density at radius 3 is 2.16 bits per heavy atom. The van der Waals surface area contributed by atoms with Crippen molar-refractivity contribution in [2.75, 3.05) is 10.6 Å². The average Bonchev–Trinajstić information content (AvgIpc) is 2.72. The molecule has 0 aromatic heterocycles. The van der Waals surface area contributed by atoms with Crippen LogP contribution in [0.1, 0.15) is 32.6 Å². The highest BCUT2D eigenvalue weighted by atomic mass is 35.5. The number of nitrogens with zero attached hydrogens (tertiary/aromatic N) is 1. The van der Waals surface area contributed by atoms with Crippen LogP contribution in [0.2, 0.25) is 10.0 Å². The minimum absolute atomic E-state index is 0.173. The third-order valence-electron chi connectivity index (χ3n) is 5.09. The largest absolute Gasteiger partial charge is 0.348 e. The Morgan fingerprint density at radius 1 is 0.969 bits per heavy atom. The van der Waals surface area contributed by atoms with E-state index in [1.807, 2.05) is 32.0 Å². The Bertz CT molecular complexity index is 1220. The summed E-state index contributed by atoms with van der Waals surface area (Å²) >= 11 is 12.0. The summed E-state index contributed by atoms with van der Waals surface area (Å²) in [5.41, 5.74) is 4.45. The van der Waals surface area contributed by atoms with E-state index >= 15 is 0 Å². The smallest absolute Gasteiger partial charge is 0.251 e. The molecule has 0 saturated carbocycles. The van der Waals surface area contributed by atoms with Crippen molar-refractivity contribution in [2.24, 2.45) is 0 Å². The average molecular weight is 491 g/mol. The van der Waals surface area contributed by atoms with E-state index in [4.69, 9.17) is 23.2 Å². The molecule has 0 unspecified atom stereocenters. The fourth-order valence-electron chi connectivity index (χ4n) is 3.43. The third-order valence-corrected chi connectivity index (χ3v) is 6.79. The first kappa shape index (κ1) is 24.1. The van der Waals surface area contributed by atoms with Crippen LogP contribution in [-0.2, 0) is 23.1 Å². The number of amides is 1. The molecule has 0 radical (unpaired) electrons. The van der Waals surface area contributed by atoms with Crippen molar-refractivity contribution in [3.63, 3.8) is 0 Å². The molecule has 0 spiro atoms. The number of sulfonamides is 1. The highest BCUT2D eigenvalue weighted by Crippen LogP contribution is 2.28. The molecule has 0 heterocycles. The SMILES string of the molecule is Cc1cccc(C)c1N(Cc1ccc(C(=O)NCc2ccc(Cl)cc2Cl)cc1)S(C)(=O)=O. The molecule has 0 aliphatic heterocycles. The van der Waals surface area contributed by atoms with Crippen LogP contribution < -0.4 is 9.62 Å². The number of hydrogen-bond acceptors (Lipinski definition) is 3. The Kier molecular flexibility index (Phi) is 7.49. The number of carbonyl (C=O) groups excluding carboxylic acids is 1. The van der Waals surface area contributed by atoms with Gasteiger partial charge in [0.05, 0.1) is 18.5 Å². The molecule has 0 saturated heterocycles. The van der Waals surface area contributed by atoms with Gasteiger partial charge in [0.15, 0.2) is 0 Å². The number of carbonyl (C=O) groups is 1. The van der Waals surface area contributed by atoms with E-state index in [0.717, 1.165) is 22.3 Å². The first-order valence-electron chi connectivity index (χ1n) is 9.91. The van der Waals surface area contributed by atoms with Gasteiger partial charge in [-0.05, 0) is 60.4 Å². The Labute approximate surface area is 199 Å². The lowest BCUT2D eigenvalue weighted by molar-refractivity contribution is 0.0951. The van der Waals surface area contributed by atoms with Crippen LogP contribution in [0.3, 0.4) is 0 Å². The highest BCUT2D eigenvalue weighted by Gasteiger charge is 2.21. The van der Waals surface area contributed by atoms with E-state index in [1.165, 1.54) is 10.6 Å². The van der Waals surface area contributed by atoms with Crippen LogP contribution >= 0.6 is 23.2 Å². The standard InChI is InChI=1S/C24H24Cl2N2O3S/c1-16-5-4-6-17(2)23(16)28(32(3,30)31)15-18-7-9-19(10-8-18)24(29)27-14-20-11-12-21(25)13-22(20)26/h4-13H,14-15H2,1-3H3,(H,27,29). The van der Waals surface area contributed by atoms with Crippen LogP contribution in [0.4, 0.5) is 5.69 Å². The number of rotatable bonds is 7. The zero-order valence-corrected chi connectivity index (χ0v) is 20.4. The normalized spacial score (nSPS) is 11.3. The molecular weight excluding hydrogens is 467 g/mol. The molecule has 1 N–H and O–H groups in total. The van der Waals surface area contributed by atoms with Gasteiger partial charge in [-0.1, -0.05) is 59.6 Å². The molecule has 5 nitrogen and oxygen atoms in total. The number of anilines is 1. The number of benzene rings is 3. The molecule has 0 atom stereocenters. The number of halogens is 2. The molecule has 1 amide bonds. The topological polar surface area (TPSA) is 66.5 Å². The maximum Gasteiger partial charge on any atom is 0.251 e. The molecule has 8 heteroatoms. The quantitative estimate of drug-likeness (QED) is 0.474. The van der Waals surface area contributed by atoms with E-state index in [0.29, 0.717) is 21.3 Å². The fraction of sp³-hybridized carbons (Fsp3) is 0.208. The molecule has 32 heavy (non-hydrogen) atoms. The van der Waals surface area contributed by atoms with E-state index in [9.17, 15) is 13.2 Å². The van der Waals surface area contributed by atoms with E-state index in [1.54, 1.807) is 42.5 Å². The molecule has 3 aromatic carbocycles. The second kappa shape index (κ2) is 9.94. The lowest BCUT2D eigenvalue weighted by Gasteiger charge is -2.26. The summed E-state index contributed by atoms with van der Waals surface area (Å²) in [6.45, 7) is 4.22. The minimum Gasteiger partial charge on any atom is -0.348 e. The maximum atomic E-state index is 12.5. The molecule has 0 aliphatic rings. The van der Waals surface area contributed by atoms with Crippen LogP contribution in [0.5, 0.6) is 0 Å². The molecule has 0 aliphatic carbocycles. The molecular formula is C24H24Cl2N2O3S. The summed E-state index contributed by atoms with van der Waals surface area (Å²) in [6, 6.07) is 17.7. The van der Waals surface area contributed by atoms with Crippen LogP contribution in [-0.4, -0.2) is 20.6 Å². The second-order valence-electron chi connectivity index (χ2n) is 7.63. The zero-order valence-electron chi connectivity index (χ0n) is 18.0. The van der Waals surface area contributed by atoms with Gasteiger partial charge < -0.3 is 5.32 Å². The first-order valence-corrected chi connectivity index (χ1v) is 12.5. The molecule has 0 fully saturated rings. The van der Waals surface area contributed by atoms with Crippen molar-refractivity contribution in [3.8, 4) is 0 Å². The zero-order chi connectivity index (χ0) is 23.5. The first-order chi connectivity index (χ1) is 15.1. The Morgan fingerprint density at radius 2 is 1.59 bits per heavy atom. The summed E-state index contributed by atoms with van der Waals surface area (Å²) in [5, 5.41) is 3.85. The predicted molar refractivity (Wildman–Crippen MR) is 131 cm³/mol. The van der Waals surface area contributed by atoms with Crippen molar-refractivity contribution < 1.29 is 13.2 Å². The van der Waals surface area contributed by atoms with Crippen LogP contribution in [0.25, 0.3) is 0 Å². The van der Waals surface area contributed by atoms with Crippen LogP contribution in [0, 0.1) is 13.8 Å². The van der Waals surface area contributed by atoms with Gasteiger partial charge in [-0.15, -0.1) is 0 Å². The molecule has 3 aromatic rings. The second-order valence-corrected chi connectivity index (χ2v) is 10.4. The number of hydrogen-bond donors (Lipinski definition) is 1.